The molecule has 2 aromatic rings. The monoisotopic (exact) mass is 263 g/mol. The van der Waals surface area contributed by atoms with Crippen LogP contribution in [0.4, 0.5) is 5.69 Å². The van der Waals surface area contributed by atoms with E-state index in [1.807, 2.05) is 20.8 Å². The van der Waals surface area contributed by atoms with Gasteiger partial charge in [-0.1, -0.05) is 0 Å². The van der Waals surface area contributed by atoms with E-state index in [0.717, 1.165) is 5.69 Å². The molecule has 0 radical (unpaired) electrons. The van der Waals surface area contributed by atoms with Crippen molar-refractivity contribution in [3.8, 4) is 0 Å². The molecule has 7 heteroatoms. The number of aryl methyl sites for hydroxylation is 2. The number of carbonyl (C=O) groups is 1. The number of aromatic nitrogens is 4. The van der Waals surface area contributed by atoms with Crippen molar-refractivity contribution >= 4 is 11.6 Å². The van der Waals surface area contributed by atoms with Crippen molar-refractivity contribution < 1.29 is 4.79 Å². The molecule has 19 heavy (non-hydrogen) atoms. The third-order valence-electron chi connectivity index (χ3n) is 2.83. The molecular weight excluding hydrogens is 246 g/mol. The standard InChI is InChI=1S/C12H17N5O2/c1-7(2)17-6-9(8(3)14-17)13-12(19)10-5-11(18)15-16(10)4/h5-7H,1-4H3,(H,13,19)(H,15,18). The Labute approximate surface area is 110 Å². The number of hydrogen-bond acceptors (Lipinski definition) is 3. The first kappa shape index (κ1) is 13.1. The molecule has 2 aromatic heterocycles. The first-order chi connectivity index (χ1) is 8.88. The van der Waals surface area contributed by atoms with E-state index in [-0.39, 0.29) is 23.2 Å². The van der Waals surface area contributed by atoms with Gasteiger partial charge in [0.15, 0.2) is 0 Å². The van der Waals surface area contributed by atoms with Crippen LogP contribution in [0.25, 0.3) is 0 Å². The molecule has 0 saturated carbocycles. The molecule has 102 valence electrons. The summed E-state index contributed by atoms with van der Waals surface area (Å²) in [5.74, 6) is -0.341. The second-order valence-electron chi connectivity index (χ2n) is 4.72. The van der Waals surface area contributed by atoms with Gasteiger partial charge in [-0.25, -0.2) is 0 Å². The molecule has 0 unspecified atom stereocenters. The Kier molecular flexibility index (Phi) is 3.28. The average Bonchev–Trinajstić information content (AvgIpc) is 2.83. The summed E-state index contributed by atoms with van der Waals surface area (Å²) in [7, 11) is 1.61. The molecule has 0 aromatic carbocycles. The van der Waals surface area contributed by atoms with E-state index in [1.165, 1.54) is 10.7 Å². The van der Waals surface area contributed by atoms with E-state index >= 15 is 0 Å². The Morgan fingerprint density at radius 1 is 1.47 bits per heavy atom. The lowest BCUT2D eigenvalue weighted by molar-refractivity contribution is 0.101. The van der Waals surface area contributed by atoms with Gasteiger partial charge in [-0.05, 0) is 20.8 Å². The van der Waals surface area contributed by atoms with Crippen LogP contribution in [0.5, 0.6) is 0 Å². The second-order valence-corrected chi connectivity index (χ2v) is 4.72. The molecule has 0 atom stereocenters. The van der Waals surface area contributed by atoms with Crippen molar-refractivity contribution in [2.75, 3.05) is 5.32 Å². The van der Waals surface area contributed by atoms with Gasteiger partial charge in [0.2, 0.25) is 0 Å². The van der Waals surface area contributed by atoms with Gasteiger partial charge in [0.1, 0.15) is 5.69 Å². The molecule has 2 rings (SSSR count). The van der Waals surface area contributed by atoms with Crippen molar-refractivity contribution in [2.24, 2.45) is 7.05 Å². The van der Waals surface area contributed by atoms with Crippen LogP contribution in [0.2, 0.25) is 0 Å². The minimum atomic E-state index is -0.341. The van der Waals surface area contributed by atoms with Crippen molar-refractivity contribution in [1.29, 1.82) is 0 Å². The smallest absolute Gasteiger partial charge is 0.274 e. The van der Waals surface area contributed by atoms with E-state index in [9.17, 15) is 9.59 Å². The first-order valence-corrected chi connectivity index (χ1v) is 6.01. The van der Waals surface area contributed by atoms with Crippen molar-refractivity contribution in [1.82, 2.24) is 19.6 Å². The number of amides is 1. The van der Waals surface area contributed by atoms with Crippen LogP contribution in [-0.4, -0.2) is 25.5 Å². The molecular formula is C12H17N5O2. The zero-order chi connectivity index (χ0) is 14.2. The molecule has 0 bridgehead atoms. The normalized spacial score (nSPS) is 11.0. The fraction of sp³-hybridized carbons (Fsp3) is 0.417. The summed E-state index contributed by atoms with van der Waals surface area (Å²) in [6, 6.07) is 1.48. The van der Waals surface area contributed by atoms with E-state index in [1.54, 1.807) is 17.9 Å². The molecule has 1 amide bonds. The van der Waals surface area contributed by atoms with Gasteiger partial charge in [0.25, 0.3) is 11.5 Å². The minimum Gasteiger partial charge on any atom is -0.318 e. The molecule has 0 spiro atoms. The van der Waals surface area contributed by atoms with E-state index in [0.29, 0.717) is 5.69 Å². The van der Waals surface area contributed by atoms with Crippen LogP contribution in [-0.2, 0) is 7.05 Å². The van der Waals surface area contributed by atoms with Crippen LogP contribution in [0, 0.1) is 6.92 Å². The fourth-order valence-corrected chi connectivity index (χ4v) is 1.75. The second kappa shape index (κ2) is 4.75. The van der Waals surface area contributed by atoms with Crippen LogP contribution in [0.1, 0.15) is 36.1 Å². The average molecular weight is 263 g/mol. The molecule has 0 aliphatic heterocycles. The number of nitrogens with one attached hydrogen (secondary N) is 2. The lowest BCUT2D eigenvalue weighted by Gasteiger charge is -2.04. The minimum absolute atomic E-state index is 0.223. The van der Waals surface area contributed by atoms with Gasteiger partial charge in [-0.15, -0.1) is 0 Å². The highest BCUT2D eigenvalue weighted by atomic mass is 16.2. The lowest BCUT2D eigenvalue weighted by Crippen LogP contribution is -2.16. The zero-order valence-corrected chi connectivity index (χ0v) is 11.4. The highest BCUT2D eigenvalue weighted by molar-refractivity contribution is 6.03. The summed E-state index contributed by atoms with van der Waals surface area (Å²) in [4.78, 5) is 23.2. The van der Waals surface area contributed by atoms with Gasteiger partial charge in [0.05, 0.1) is 11.4 Å². The maximum absolute atomic E-state index is 12.1. The Hall–Kier alpha value is -2.31. The maximum Gasteiger partial charge on any atom is 0.274 e. The largest absolute Gasteiger partial charge is 0.318 e. The van der Waals surface area contributed by atoms with Crippen LogP contribution in [0.3, 0.4) is 0 Å². The molecule has 2 N–H and O–H groups in total. The Balaban J connectivity index is 2.24. The number of rotatable bonds is 3. The SMILES string of the molecule is Cc1nn(C(C)C)cc1NC(=O)c1cc(=O)[nH]n1C. The van der Waals surface area contributed by atoms with Gasteiger partial charge >= 0.3 is 0 Å². The predicted octanol–water partition coefficient (Wildman–Crippen LogP) is 1.05. The topological polar surface area (TPSA) is 84.7 Å². The highest BCUT2D eigenvalue weighted by Crippen LogP contribution is 2.16. The predicted molar refractivity (Wildman–Crippen MR) is 71.3 cm³/mol. The lowest BCUT2D eigenvalue weighted by atomic mass is 10.3. The summed E-state index contributed by atoms with van der Waals surface area (Å²) in [6.45, 7) is 5.84. The van der Waals surface area contributed by atoms with Gasteiger partial charge < -0.3 is 5.32 Å². The van der Waals surface area contributed by atoms with E-state index < -0.39 is 0 Å². The van der Waals surface area contributed by atoms with Crippen LogP contribution >= 0.6 is 0 Å². The van der Waals surface area contributed by atoms with E-state index in [2.05, 4.69) is 15.5 Å². The fourth-order valence-electron chi connectivity index (χ4n) is 1.75. The molecule has 7 nitrogen and oxygen atoms in total. The summed E-state index contributed by atoms with van der Waals surface area (Å²) in [6.07, 6.45) is 1.78. The highest BCUT2D eigenvalue weighted by Gasteiger charge is 2.14. The Morgan fingerprint density at radius 2 is 2.16 bits per heavy atom. The van der Waals surface area contributed by atoms with Crippen molar-refractivity contribution in [3.63, 3.8) is 0 Å². The Bertz CT molecular complexity index is 662. The maximum atomic E-state index is 12.1. The summed E-state index contributed by atoms with van der Waals surface area (Å²) in [5.41, 5.74) is 1.36. The molecule has 0 fully saturated rings. The number of carbonyl (C=O) groups excluding carboxylic acids is 1. The third-order valence-corrected chi connectivity index (χ3v) is 2.83. The van der Waals surface area contributed by atoms with Crippen molar-refractivity contribution in [2.45, 2.75) is 26.8 Å². The number of anilines is 1. The van der Waals surface area contributed by atoms with Gasteiger partial charge in [-0.3, -0.25) is 24.1 Å². The molecule has 0 aliphatic carbocycles. The quantitative estimate of drug-likeness (QED) is 0.868. The van der Waals surface area contributed by atoms with E-state index in [4.69, 9.17) is 0 Å². The zero-order valence-electron chi connectivity index (χ0n) is 11.4. The Morgan fingerprint density at radius 3 is 2.63 bits per heavy atom. The van der Waals surface area contributed by atoms with Crippen LogP contribution < -0.4 is 10.9 Å². The molecule has 0 aliphatic rings. The summed E-state index contributed by atoms with van der Waals surface area (Å²) in [5, 5.41) is 9.56. The first-order valence-electron chi connectivity index (χ1n) is 6.01. The molecule has 2 heterocycles. The number of nitrogens with zero attached hydrogens (tertiary/aromatic N) is 3. The van der Waals surface area contributed by atoms with Crippen LogP contribution in [0.15, 0.2) is 17.1 Å². The molecule has 0 saturated heterocycles. The summed E-state index contributed by atoms with van der Waals surface area (Å²) >= 11 is 0. The van der Waals surface area contributed by atoms with Crippen molar-refractivity contribution in [3.05, 3.63) is 34.0 Å². The number of aromatic amines is 1. The number of hydrogen-bond donors (Lipinski definition) is 2. The number of H-pyrrole nitrogens is 1. The summed E-state index contributed by atoms with van der Waals surface area (Å²) < 4.78 is 3.17. The van der Waals surface area contributed by atoms with Gasteiger partial charge in [-0.2, -0.15) is 5.10 Å². The van der Waals surface area contributed by atoms with Gasteiger partial charge in [0, 0.05) is 25.4 Å². The third kappa shape index (κ3) is 2.59.